The Morgan fingerprint density at radius 1 is 0.431 bits per heavy atom. The summed E-state index contributed by atoms with van der Waals surface area (Å²) in [4.78, 5) is 7.79. The average Bonchev–Trinajstić information content (AvgIpc) is 4.04. The summed E-state index contributed by atoms with van der Waals surface area (Å²) in [6, 6.07) is 50.6. The Bertz CT molecular complexity index is 2610. The average molecular weight is 765 g/mol. The molecule has 0 saturated carbocycles. The first-order chi connectivity index (χ1) is 28.8. The van der Waals surface area contributed by atoms with Crippen molar-refractivity contribution in [3.63, 3.8) is 0 Å². The normalized spacial score (nSPS) is 17.6. The molecule has 58 heavy (non-hydrogen) atoms. The van der Waals surface area contributed by atoms with Crippen LogP contribution >= 0.6 is 0 Å². The standard InChI is InChI=1S/C49H45BN4O4/c1-4-10-36(11-5-1)47-41-20-21-42(51-41)48(37-12-6-2-7-13-37)44-23-25-46-49(38-14-8-3-9-15-38)45-24-22-43(47)53(45)50(54(44)46)39-16-18-40(19-17-39)52-26-28-55-30-32-57-34-35-58-33-31-56-29-27-52/h1-25H,26-35H2. The molecule has 8 nitrogen and oxygen atoms in total. The van der Waals surface area contributed by atoms with Gasteiger partial charge in [-0.25, -0.2) is 4.99 Å². The van der Waals surface area contributed by atoms with E-state index in [1.807, 2.05) is 0 Å². The van der Waals surface area contributed by atoms with Crippen LogP contribution in [0.3, 0.4) is 0 Å². The lowest BCUT2D eigenvalue weighted by Gasteiger charge is -2.31. The Kier molecular flexibility index (Phi) is 10.3. The highest BCUT2D eigenvalue weighted by molar-refractivity contribution is 6.71. The molecule has 4 bridgehead atoms. The van der Waals surface area contributed by atoms with Gasteiger partial charge in [0.2, 0.25) is 0 Å². The van der Waals surface area contributed by atoms with Crippen molar-refractivity contribution in [1.82, 2.24) is 8.96 Å². The Morgan fingerprint density at radius 2 is 0.914 bits per heavy atom. The van der Waals surface area contributed by atoms with Crippen molar-refractivity contribution in [2.45, 2.75) is 0 Å². The van der Waals surface area contributed by atoms with Crippen LogP contribution in [-0.4, -0.2) is 87.6 Å². The van der Waals surface area contributed by atoms with Crippen LogP contribution in [0.4, 0.5) is 5.69 Å². The second kappa shape index (κ2) is 16.5. The van der Waals surface area contributed by atoms with E-state index >= 15 is 0 Å². The number of hydrogen-bond acceptors (Lipinski definition) is 6. The number of ether oxygens (including phenoxy) is 4. The first-order valence-corrected chi connectivity index (χ1v) is 20.3. The summed E-state index contributed by atoms with van der Waals surface area (Å²) in [5.41, 5.74) is 13.4. The Hall–Kier alpha value is -5.97. The minimum absolute atomic E-state index is 0.202. The molecule has 1 saturated heterocycles. The van der Waals surface area contributed by atoms with Gasteiger partial charge in [0.25, 0.3) is 0 Å². The van der Waals surface area contributed by atoms with Gasteiger partial charge in [-0.15, -0.1) is 0 Å². The zero-order valence-corrected chi connectivity index (χ0v) is 32.5. The van der Waals surface area contributed by atoms with E-state index in [0.29, 0.717) is 52.9 Å². The Labute approximate surface area is 339 Å². The molecule has 0 amide bonds. The molecule has 288 valence electrons. The Balaban J connectivity index is 1.18. The molecule has 0 unspecified atom stereocenters. The molecule has 4 aliphatic rings. The third kappa shape index (κ3) is 6.90. The number of allylic oxidation sites excluding steroid dienone is 2. The molecule has 10 rings (SSSR count). The van der Waals surface area contributed by atoms with Crippen molar-refractivity contribution in [3.8, 4) is 0 Å². The summed E-state index contributed by atoms with van der Waals surface area (Å²) in [5, 5.41) is 2.29. The van der Waals surface area contributed by atoms with Crippen molar-refractivity contribution in [1.29, 1.82) is 0 Å². The van der Waals surface area contributed by atoms with E-state index in [1.54, 1.807) is 0 Å². The molecule has 0 radical (unpaired) electrons. The van der Waals surface area contributed by atoms with Crippen molar-refractivity contribution in [2.75, 3.05) is 70.8 Å². The van der Waals surface area contributed by atoms with Crippen molar-refractivity contribution < 1.29 is 18.9 Å². The minimum Gasteiger partial charge on any atom is -0.377 e. The molecule has 6 aromatic rings. The molecule has 6 heterocycles. The van der Waals surface area contributed by atoms with Crippen LogP contribution in [-0.2, 0) is 18.9 Å². The van der Waals surface area contributed by atoms with Crippen LogP contribution in [0.2, 0.25) is 0 Å². The van der Waals surface area contributed by atoms with Gasteiger partial charge >= 0.3 is 6.98 Å². The number of anilines is 1. The topological polar surface area (TPSA) is 62.4 Å². The van der Waals surface area contributed by atoms with Crippen LogP contribution in [0.25, 0.3) is 16.7 Å². The van der Waals surface area contributed by atoms with Crippen molar-refractivity contribution >= 4 is 40.6 Å². The fourth-order valence-electron chi connectivity index (χ4n) is 8.73. The number of aliphatic imine (C=N–C) groups is 1. The number of hydrogen-bond donors (Lipinski definition) is 0. The molecule has 4 aromatic carbocycles. The van der Waals surface area contributed by atoms with Crippen molar-refractivity contribution in [2.24, 2.45) is 4.99 Å². The predicted molar refractivity (Wildman–Crippen MR) is 232 cm³/mol. The summed E-state index contributed by atoms with van der Waals surface area (Å²) in [7, 11) is 0. The monoisotopic (exact) mass is 764 g/mol. The third-order valence-corrected chi connectivity index (χ3v) is 11.4. The SMILES string of the molecule is C1=CC2=C(c3ccccc3)c3ccc4n3B(c3ccc(N5CCOCCOCCOCCOCC5)cc3)n3c(ccc3=C4c3ccccc3)=C(c3ccccc3)C1=N2. The zero-order valence-electron chi connectivity index (χ0n) is 32.5. The molecule has 0 atom stereocenters. The van der Waals surface area contributed by atoms with E-state index in [0.717, 1.165) is 63.5 Å². The van der Waals surface area contributed by atoms with Crippen LogP contribution in [0, 0.1) is 0 Å². The van der Waals surface area contributed by atoms with Gasteiger partial charge in [-0.05, 0) is 70.7 Å². The van der Waals surface area contributed by atoms with Gasteiger partial charge in [-0.2, -0.15) is 0 Å². The summed E-state index contributed by atoms with van der Waals surface area (Å²) in [6.45, 7) is 5.84. The number of aromatic nitrogens is 2. The first-order valence-electron chi connectivity index (χ1n) is 20.3. The highest BCUT2D eigenvalue weighted by atomic mass is 16.6. The van der Waals surface area contributed by atoms with Crippen LogP contribution in [0.1, 0.15) is 28.1 Å². The lowest BCUT2D eigenvalue weighted by molar-refractivity contribution is 0.00206. The summed E-state index contributed by atoms with van der Waals surface area (Å²) >= 11 is 0. The lowest BCUT2D eigenvalue weighted by Crippen LogP contribution is -2.57. The maximum absolute atomic E-state index is 5.99. The minimum atomic E-state index is -0.202. The molecule has 0 aliphatic carbocycles. The van der Waals surface area contributed by atoms with Gasteiger partial charge in [0.1, 0.15) is 0 Å². The van der Waals surface area contributed by atoms with Crippen LogP contribution in [0.5, 0.6) is 0 Å². The number of rotatable bonds is 5. The summed E-state index contributed by atoms with van der Waals surface area (Å²) in [5.74, 6) is 0. The van der Waals surface area contributed by atoms with Gasteiger partial charge < -0.3 is 32.8 Å². The van der Waals surface area contributed by atoms with Crippen LogP contribution < -0.4 is 21.1 Å². The Morgan fingerprint density at radius 3 is 1.48 bits per heavy atom. The third-order valence-electron chi connectivity index (χ3n) is 11.4. The second-order valence-electron chi connectivity index (χ2n) is 14.8. The smallest absolute Gasteiger partial charge is 0.377 e. The van der Waals surface area contributed by atoms with E-state index < -0.39 is 0 Å². The van der Waals surface area contributed by atoms with Gasteiger partial charge in [0.05, 0.1) is 64.3 Å². The number of nitrogens with zero attached hydrogens (tertiary/aromatic N) is 4. The van der Waals surface area contributed by atoms with Crippen LogP contribution in [0.15, 0.2) is 162 Å². The quantitative estimate of drug-likeness (QED) is 0.217. The molecule has 9 heteroatoms. The van der Waals surface area contributed by atoms with Gasteiger partial charge in [0, 0.05) is 57.6 Å². The van der Waals surface area contributed by atoms with E-state index in [9.17, 15) is 0 Å². The molecule has 1 fully saturated rings. The molecule has 0 spiro atoms. The van der Waals surface area contributed by atoms with Gasteiger partial charge in [-0.1, -0.05) is 103 Å². The fourth-order valence-corrected chi connectivity index (χ4v) is 8.73. The summed E-state index contributed by atoms with van der Waals surface area (Å²) in [6.07, 6.45) is 4.38. The molecule has 0 N–H and O–H groups in total. The molecule has 2 aromatic heterocycles. The number of benzene rings is 4. The maximum atomic E-state index is 5.99. The highest BCUT2D eigenvalue weighted by Crippen LogP contribution is 2.37. The highest BCUT2D eigenvalue weighted by Gasteiger charge is 2.37. The predicted octanol–water partition coefficient (Wildman–Crippen LogP) is 5.51. The molecular weight excluding hydrogens is 719 g/mol. The maximum Gasteiger partial charge on any atom is 0.420 e. The fraction of sp³-hybridized carbons (Fsp3) is 0.204. The molecular formula is C49H45BN4O4. The number of fused-ring (bicyclic) bond motifs is 1. The van der Waals surface area contributed by atoms with Gasteiger partial charge in [0.15, 0.2) is 0 Å². The van der Waals surface area contributed by atoms with E-state index in [4.69, 9.17) is 23.9 Å². The van der Waals surface area contributed by atoms with E-state index in [-0.39, 0.29) is 6.98 Å². The van der Waals surface area contributed by atoms with E-state index in [2.05, 4.69) is 166 Å². The van der Waals surface area contributed by atoms with Crippen molar-refractivity contribution in [3.05, 3.63) is 196 Å². The lowest BCUT2D eigenvalue weighted by atomic mass is 9.64. The van der Waals surface area contributed by atoms with Gasteiger partial charge in [-0.3, -0.25) is 0 Å². The second-order valence-corrected chi connectivity index (χ2v) is 14.8. The van der Waals surface area contributed by atoms with E-state index in [1.165, 1.54) is 27.6 Å². The zero-order chi connectivity index (χ0) is 38.7. The summed E-state index contributed by atoms with van der Waals surface area (Å²) < 4.78 is 28.4. The molecule has 4 aliphatic heterocycles. The largest absolute Gasteiger partial charge is 0.420 e. The first kappa shape index (κ1) is 36.4.